The SMILES string of the molecule is Cn1nc(C2CCCN(C(=O)Cc3ccc(F)cc3)C2)c2cccnc21. The molecule has 4 rings (SSSR count). The molecule has 0 aliphatic carbocycles. The summed E-state index contributed by atoms with van der Waals surface area (Å²) in [6, 6.07) is 10.1. The standard InChI is InChI=1S/C20H21FN4O/c1-24-20-17(5-2-10-22-20)19(23-24)15-4-3-11-25(13-15)18(26)12-14-6-8-16(21)9-7-14/h2,5-10,15H,3-4,11-13H2,1H3. The lowest BCUT2D eigenvalue weighted by Crippen LogP contribution is -2.40. The zero-order valence-corrected chi connectivity index (χ0v) is 14.7. The summed E-state index contributed by atoms with van der Waals surface area (Å²) in [6.45, 7) is 1.43. The maximum Gasteiger partial charge on any atom is 0.227 e. The minimum Gasteiger partial charge on any atom is -0.342 e. The minimum atomic E-state index is -0.283. The van der Waals surface area contributed by atoms with Crippen LogP contribution in [-0.4, -0.2) is 38.7 Å². The van der Waals surface area contributed by atoms with Crippen LogP contribution in [-0.2, 0) is 18.3 Å². The number of hydrogen-bond donors (Lipinski definition) is 0. The van der Waals surface area contributed by atoms with Crippen molar-refractivity contribution in [2.24, 2.45) is 7.05 Å². The number of aryl methyl sites for hydroxylation is 1. The van der Waals surface area contributed by atoms with E-state index in [0.29, 0.717) is 13.0 Å². The van der Waals surface area contributed by atoms with Gasteiger partial charge in [-0.25, -0.2) is 9.37 Å². The molecule has 6 heteroatoms. The lowest BCUT2D eigenvalue weighted by Gasteiger charge is -2.32. The fourth-order valence-corrected chi connectivity index (χ4v) is 3.73. The van der Waals surface area contributed by atoms with Gasteiger partial charge in [-0.05, 0) is 42.7 Å². The van der Waals surface area contributed by atoms with E-state index in [9.17, 15) is 9.18 Å². The number of nitrogens with zero attached hydrogens (tertiary/aromatic N) is 4. The average molecular weight is 352 g/mol. The number of benzene rings is 1. The summed E-state index contributed by atoms with van der Waals surface area (Å²) >= 11 is 0. The molecule has 3 heterocycles. The number of halogens is 1. The first-order valence-electron chi connectivity index (χ1n) is 8.91. The van der Waals surface area contributed by atoms with Crippen LogP contribution in [0.3, 0.4) is 0 Å². The molecule has 0 spiro atoms. The van der Waals surface area contributed by atoms with Gasteiger partial charge in [0.25, 0.3) is 0 Å². The number of amides is 1. The Morgan fingerprint density at radius 3 is 2.88 bits per heavy atom. The van der Waals surface area contributed by atoms with Gasteiger partial charge in [0.05, 0.1) is 12.1 Å². The van der Waals surface area contributed by atoms with Gasteiger partial charge in [0.1, 0.15) is 5.82 Å². The van der Waals surface area contributed by atoms with Crippen molar-refractivity contribution >= 4 is 16.9 Å². The van der Waals surface area contributed by atoms with Crippen LogP contribution in [0, 0.1) is 5.82 Å². The van der Waals surface area contributed by atoms with E-state index >= 15 is 0 Å². The number of carbonyl (C=O) groups excluding carboxylic acids is 1. The van der Waals surface area contributed by atoms with E-state index in [4.69, 9.17) is 0 Å². The summed E-state index contributed by atoms with van der Waals surface area (Å²) in [5.74, 6) is 0.0170. The van der Waals surface area contributed by atoms with Crippen molar-refractivity contribution in [2.45, 2.75) is 25.2 Å². The molecule has 26 heavy (non-hydrogen) atoms. The molecule has 2 aromatic heterocycles. The van der Waals surface area contributed by atoms with Crippen LogP contribution >= 0.6 is 0 Å². The summed E-state index contributed by atoms with van der Waals surface area (Å²) in [5.41, 5.74) is 2.73. The number of rotatable bonds is 3. The number of likely N-dealkylation sites (tertiary alicyclic amines) is 1. The van der Waals surface area contributed by atoms with Crippen molar-refractivity contribution in [3.05, 3.63) is 59.7 Å². The Balaban J connectivity index is 1.51. The summed E-state index contributed by atoms with van der Waals surface area (Å²) < 4.78 is 14.8. The van der Waals surface area contributed by atoms with E-state index < -0.39 is 0 Å². The van der Waals surface area contributed by atoms with Crippen molar-refractivity contribution in [1.82, 2.24) is 19.7 Å². The number of piperidine rings is 1. The van der Waals surface area contributed by atoms with Gasteiger partial charge < -0.3 is 4.90 Å². The summed E-state index contributed by atoms with van der Waals surface area (Å²) in [6.07, 6.45) is 4.05. The summed E-state index contributed by atoms with van der Waals surface area (Å²) in [4.78, 5) is 19.0. The molecule has 0 saturated carbocycles. The molecular formula is C20H21FN4O. The molecule has 1 aromatic carbocycles. The summed E-state index contributed by atoms with van der Waals surface area (Å²) in [5, 5.41) is 5.74. The maximum atomic E-state index is 13.0. The zero-order chi connectivity index (χ0) is 18.1. The van der Waals surface area contributed by atoms with E-state index in [1.54, 1.807) is 18.3 Å². The van der Waals surface area contributed by atoms with Gasteiger partial charge >= 0.3 is 0 Å². The van der Waals surface area contributed by atoms with Gasteiger partial charge in [0.15, 0.2) is 5.65 Å². The number of aromatic nitrogens is 3. The molecule has 3 aromatic rings. The first-order chi connectivity index (χ1) is 12.6. The smallest absolute Gasteiger partial charge is 0.227 e. The second-order valence-corrected chi connectivity index (χ2v) is 6.87. The number of hydrogen-bond acceptors (Lipinski definition) is 3. The van der Waals surface area contributed by atoms with Crippen molar-refractivity contribution in [3.63, 3.8) is 0 Å². The first-order valence-corrected chi connectivity index (χ1v) is 8.91. The third kappa shape index (κ3) is 3.19. The van der Waals surface area contributed by atoms with Gasteiger partial charge in [-0.2, -0.15) is 5.10 Å². The molecule has 1 fully saturated rings. The van der Waals surface area contributed by atoms with E-state index in [1.165, 1.54) is 12.1 Å². The molecule has 0 bridgehead atoms. The number of pyridine rings is 1. The third-order valence-electron chi connectivity index (χ3n) is 5.06. The lowest BCUT2D eigenvalue weighted by molar-refractivity contribution is -0.131. The quantitative estimate of drug-likeness (QED) is 0.728. The van der Waals surface area contributed by atoms with E-state index in [2.05, 4.69) is 10.1 Å². The normalized spacial score (nSPS) is 17.6. The minimum absolute atomic E-state index is 0.0830. The van der Waals surface area contributed by atoms with Crippen LogP contribution in [0.5, 0.6) is 0 Å². The highest BCUT2D eigenvalue weighted by atomic mass is 19.1. The largest absolute Gasteiger partial charge is 0.342 e. The number of carbonyl (C=O) groups is 1. The molecule has 1 aliphatic heterocycles. The van der Waals surface area contributed by atoms with Crippen LogP contribution in [0.4, 0.5) is 4.39 Å². The van der Waals surface area contributed by atoms with Crippen LogP contribution < -0.4 is 0 Å². The molecular weight excluding hydrogens is 331 g/mol. The Kier molecular flexibility index (Phi) is 4.41. The Morgan fingerprint density at radius 1 is 1.27 bits per heavy atom. The molecule has 5 nitrogen and oxygen atoms in total. The highest BCUT2D eigenvalue weighted by molar-refractivity contribution is 5.80. The highest BCUT2D eigenvalue weighted by Gasteiger charge is 2.28. The van der Waals surface area contributed by atoms with E-state index in [0.717, 1.165) is 41.7 Å². The molecule has 1 aliphatic rings. The second kappa shape index (κ2) is 6.86. The van der Waals surface area contributed by atoms with Crippen molar-refractivity contribution in [3.8, 4) is 0 Å². The summed E-state index contributed by atoms with van der Waals surface area (Å²) in [7, 11) is 1.90. The molecule has 1 atom stereocenters. The Bertz CT molecular complexity index is 935. The predicted octanol–water partition coefficient (Wildman–Crippen LogP) is 3.06. The van der Waals surface area contributed by atoms with Gasteiger partial charge in [-0.3, -0.25) is 9.48 Å². The van der Waals surface area contributed by atoms with Gasteiger partial charge in [-0.1, -0.05) is 12.1 Å². The van der Waals surface area contributed by atoms with Gasteiger partial charge in [0.2, 0.25) is 5.91 Å². The van der Waals surface area contributed by atoms with Gasteiger partial charge in [0, 0.05) is 37.6 Å². The molecule has 1 amide bonds. The fraction of sp³-hybridized carbons (Fsp3) is 0.350. The van der Waals surface area contributed by atoms with Crippen LogP contribution in [0.25, 0.3) is 11.0 Å². The van der Waals surface area contributed by atoms with Crippen LogP contribution in [0.15, 0.2) is 42.6 Å². The number of fused-ring (bicyclic) bond motifs is 1. The van der Waals surface area contributed by atoms with Crippen molar-refractivity contribution in [2.75, 3.05) is 13.1 Å². The topological polar surface area (TPSA) is 51.0 Å². The first kappa shape index (κ1) is 16.7. The van der Waals surface area contributed by atoms with Crippen LogP contribution in [0.1, 0.15) is 30.0 Å². The van der Waals surface area contributed by atoms with Crippen molar-refractivity contribution < 1.29 is 9.18 Å². The van der Waals surface area contributed by atoms with Gasteiger partial charge in [-0.15, -0.1) is 0 Å². The average Bonchev–Trinajstić information content (AvgIpc) is 3.01. The van der Waals surface area contributed by atoms with E-state index in [-0.39, 0.29) is 17.6 Å². The Morgan fingerprint density at radius 2 is 2.08 bits per heavy atom. The maximum absolute atomic E-state index is 13.0. The van der Waals surface area contributed by atoms with E-state index in [1.807, 2.05) is 28.8 Å². The molecule has 1 unspecified atom stereocenters. The Labute approximate surface area is 151 Å². The molecule has 134 valence electrons. The second-order valence-electron chi connectivity index (χ2n) is 6.87. The predicted molar refractivity (Wildman–Crippen MR) is 97.2 cm³/mol. The zero-order valence-electron chi connectivity index (χ0n) is 14.7. The van der Waals surface area contributed by atoms with Crippen molar-refractivity contribution in [1.29, 1.82) is 0 Å². The Hall–Kier alpha value is -2.76. The monoisotopic (exact) mass is 352 g/mol. The molecule has 0 radical (unpaired) electrons. The molecule has 1 saturated heterocycles. The third-order valence-corrected chi connectivity index (χ3v) is 5.06. The van der Waals surface area contributed by atoms with Crippen LogP contribution in [0.2, 0.25) is 0 Å². The molecule has 0 N–H and O–H groups in total. The lowest BCUT2D eigenvalue weighted by atomic mass is 9.93. The fourth-order valence-electron chi connectivity index (χ4n) is 3.73. The highest BCUT2D eigenvalue weighted by Crippen LogP contribution is 2.30.